The average molecular weight is 107 g/mol. The molecule has 0 spiro atoms. The summed E-state index contributed by atoms with van der Waals surface area (Å²) in [6.07, 6.45) is 2.06. The lowest BCUT2D eigenvalue weighted by atomic mass is 10.3. The Labute approximate surface area is 46.8 Å². The molecule has 3 heteroatoms. The van der Waals surface area contributed by atoms with Crippen LogP contribution in [0.5, 0.6) is 0 Å². The molecule has 0 aliphatic heterocycles. The van der Waals surface area contributed by atoms with Gasteiger partial charge in [0, 0.05) is 0 Å². The Morgan fingerprint density at radius 1 is 1.12 bits per heavy atom. The van der Waals surface area contributed by atoms with Crippen molar-refractivity contribution < 1.29 is 0 Å². The molecule has 0 fully saturated rings. The molecule has 1 aromatic heterocycles. The topological polar surface area (TPSA) is 38.7 Å². The van der Waals surface area contributed by atoms with Crippen LogP contribution in [-0.4, -0.2) is 15.4 Å². The van der Waals surface area contributed by atoms with E-state index in [0.29, 0.717) is 0 Å². The van der Waals surface area contributed by atoms with E-state index in [9.17, 15) is 0 Å². The summed E-state index contributed by atoms with van der Waals surface area (Å²) in [5.74, 6) is 0. The SMILES string of the molecule is c1c2nnnc1CC2. The summed E-state index contributed by atoms with van der Waals surface area (Å²) in [5, 5.41) is 11.1. The third kappa shape index (κ3) is 0.410. The molecule has 2 bridgehead atoms. The fourth-order valence-electron chi connectivity index (χ4n) is 0.888. The van der Waals surface area contributed by atoms with Crippen LogP contribution in [0, 0.1) is 0 Å². The van der Waals surface area contributed by atoms with Gasteiger partial charge in [0.25, 0.3) is 0 Å². The molecule has 0 radical (unpaired) electrons. The summed E-state index contributed by atoms with van der Waals surface area (Å²) in [6.45, 7) is 0. The molecular formula is C5H5N3. The number of nitrogens with zero attached hydrogens (tertiary/aromatic N) is 3. The first-order valence-electron chi connectivity index (χ1n) is 2.63. The van der Waals surface area contributed by atoms with E-state index in [1.807, 2.05) is 6.07 Å². The summed E-state index contributed by atoms with van der Waals surface area (Å²) < 4.78 is 0. The number of aromatic nitrogens is 3. The molecule has 3 nitrogen and oxygen atoms in total. The summed E-state index contributed by atoms with van der Waals surface area (Å²) in [4.78, 5) is 0. The standard InChI is InChI=1S/C5H5N3/c1-2-5-3-4(1)6-8-7-5/h3H,1-2H2. The van der Waals surface area contributed by atoms with Crippen molar-refractivity contribution in [2.75, 3.05) is 0 Å². The Balaban J connectivity index is 2.66. The lowest BCUT2D eigenvalue weighted by molar-refractivity contribution is 0.843. The predicted octanol–water partition coefficient (Wildman–Crippen LogP) is -0.0298. The zero-order valence-electron chi connectivity index (χ0n) is 4.33. The highest BCUT2D eigenvalue weighted by molar-refractivity contribution is 5.14. The van der Waals surface area contributed by atoms with Gasteiger partial charge in [-0.05, 0) is 24.1 Å². The van der Waals surface area contributed by atoms with Crippen molar-refractivity contribution in [2.24, 2.45) is 0 Å². The number of hydrogen-bond acceptors (Lipinski definition) is 3. The van der Waals surface area contributed by atoms with Crippen molar-refractivity contribution in [3.8, 4) is 0 Å². The second-order valence-electron chi connectivity index (χ2n) is 1.92. The fraction of sp³-hybridized carbons (Fsp3) is 0.400. The Morgan fingerprint density at radius 2 is 1.75 bits per heavy atom. The van der Waals surface area contributed by atoms with E-state index in [-0.39, 0.29) is 0 Å². The largest absolute Gasteiger partial charge is 0.135 e. The Morgan fingerprint density at radius 3 is 2.25 bits per heavy atom. The van der Waals surface area contributed by atoms with Gasteiger partial charge in [0.15, 0.2) is 0 Å². The molecule has 0 saturated carbocycles. The maximum Gasteiger partial charge on any atom is 0.0671 e. The van der Waals surface area contributed by atoms with Crippen LogP contribution in [0.2, 0.25) is 0 Å². The average Bonchev–Trinajstić information content (AvgIpc) is 2.12. The van der Waals surface area contributed by atoms with E-state index in [2.05, 4.69) is 15.4 Å². The zero-order valence-corrected chi connectivity index (χ0v) is 4.33. The molecule has 0 N–H and O–H groups in total. The Hall–Kier alpha value is -0.990. The molecule has 2 rings (SSSR count). The maximum absolute atomic E-state index is 3.79. The number of rotatable bonds is 0. The number of aryl methyl sites for hydroxylation is 2. The number of fused-ring (bicyclic) bond motifs is 2. The van der Waals surface area contributed by atoms with Gasteiger partial charge in [-0.1, -0.05) is 0 Å². The first-order valence-corrected chi connectivity index (χ1v) is 2.63. The van der Waals surface area contributed by atoms with E-state index >= 15 is 0 Å². The highest BCUT2D eigenvalue weighted by Crippen LogP contribution is 2.08. The van der Waals surface area contributed by atoms with Crippen LogP contribution in [-0.2, 0) is 12.8 Å². The molecule has 1 aromatic rings. The molecule has 1 heterocycles. The molecular weight excluding hydrogens is 102 g/mol. The zero-order chi connectivity index (χ0) is 5.40. The monoisotopic (exact) mass is 107 g/mol. The van der Waals surface area contributed by atoms with Crippen LogP contribution in [0.25, 0.3) is 0 Å². The molecule has 0 saturated heterocycles. The minimum absolute atomic E-state index is 1.03. The van der Waals surface area contributed by atoms with Crippen LogP contribution < -0.4 is 0 Å². The van der Waals surface area contributed by atoms with Gasteiger partial charge in [-0.3, -0.25) is 0 Å². The second-order valence-corrected chi connectivity index (χ2v) is 1.92. The third-order valence-electron chi connectivity index (χ3n) is 1.32. The highest BCUT2D eigenvalue weighted by atomic mass is 15.3. The van der Waals surface area contributed by atoms with Crippen molar-refractivity contribution >= 4 is 0 Å². The van der Waals surface area contributed by atoms with Gasteiger partial charge in [-0.15, -0.1) is 10.2 Å². The summed E-state index contributed by atoms with van der Waals surface area (Å²) in [5.41, 5.74) is 2.16. The third-order valence-corrected chi connectivity index (χ3v) is 1.32. The Kier molecular flexibility index (Phi) is 0.614. The van der Waals surface area contributed by atoms with E-state index < -0.39 is 0 Å². The van der Waals surface area contributed by atoms with E-state index in [1.54, 1.807) is 0 Å². The van der Waals surface area contributed by atoms with Crippen LogP contribution >= 0.6 is 0 Å². The van der Waals surface area contributed by atoms with Crippen LogP contribution in [0.4, 0.5) is 0 Å². The molecule has 1 aliphatic rings. The normalized spacial score (nSPS) is 14.5. The van der Waals surface area contributed by atoms with E-state index in [0.717, 1.165) is 24.2 Å². The lowest BCUT2D eigenvalue weighted by Gasteiger charge is -1.79. The van der Waals surface area contributed by atoms with Crippen molar-refractivity contribution in [3.63, 3.8) is 0 Å². The smallest absolute Gasteiger partial charge is 0.0671 e. The molecule has 0 amide bonds. The maximum atomic E-state index is 3.79. The molecule has 1 aliphatic carbocycles. The minimum atomic E-state index is 1.03. The predicted molar refractivity (Wildman–Crippen MR) is 27.2 cm³/mol. The second kappa shape index (κ2) is 1.24. The quantitative estimate of drug-likeness (QED) is 0.467. The van der Waals surface area contributed by atoms with Crippen LogP contribution in [0.15, 0.2) is 6.07 Å². The molecule has 0 unspecified atom stereocenters. The highest BCUT2D eigenvalue weighted by Gasteiger charge is 2.07. The van der Waals surface area contributed by atoms with E-state index in [1.165, 1.54) is 0 Å². The Bertz CT molecular complexity index is 189. The summed E-state index contributed by atoms with van der Waals surface area (Å²) >= 11 is 0. The summed E-state index contributed by atoms with van der Waals surface area (Å²) in [6, 6.07) is 1.99. The van der Waals surface area contributed by atoms with Gasteiger partial charge in [0.2, 0.25) is 0 Å². The van der Waals surface area contributed by atoms with Gasteiger partial charge in [0.05, 0.1) is 11.4 Å². The van der Waals surface area contributed by atoms with Crippen molar-refractivity contribution in [3.05, 3.63) is 17.5 Å². The van der Waals surface area contributed by atoms with Crippen molar-refractivity contribution in [2.45, 2.75) is 12.8 Å². The molecule has 8 heavy (non-hydrogen) atoms. The van der Waals surface area contributed by atoms with Gasteiger partial charge in [-0.25, -0.2) is 0 Å². The van der Waals surface area contributed by atoms with Crippen molar-refractivity contribution in [1.29, 1.82) is 0 Å². The van der Waals surface area contributed by atoms with Gasteiger partial charge in [0.1, 0.15) is 0 Å². The van der Waals surface area contributed by atoms with Gasteiger partial charge >= 0.3 is 0 Å². The minimum Gasteiger partial charge on any atom is -0.135 e. The number of hydrogen-bond donors (Lipinski definition) is 0. The van der Waals surface area contributed by atoms with Gasteiger partial charge < -0.3 is 0 Å². The van der Waals surface area contributed by atoms with Crippen molar-refractivity contribution in [1.82, 2.24) is 15.4 Å². The fourth-order valence-corrected chi connectivity index (χ4v) is 0.888. The van der Waals surface area contributed by atoms with Gasteiger partial charge in [-0.2, -0.15) is 0 Å². The first kappa shape index (κ1) is 3.95. The van der Waals surface area contributed by atoms with Crippen LogP contribution in [0.3, 0.4) is 0 Å². The first-order chi connectivity index (χ1) is 3.95. The van der Waals surface area contributed by atoms with E-state index in [4.69, 9.17) is 0 Å². The molecule has 40 valence electrons. The summed E-state index contributed by atoms with van der Waals surface area (Å²) in [7, 11) is 0. The molecule has 0 aromatic carbocycles. The lowest BCUT2D eigenvalue weighted by Crippen LogP contribution is -1.86. The van der Waals surface area contributed by atoms with Crippen LogP contribution in [0.1, 0.15) is 11.4 Å². The molecule has 0 atom stereocenters.